The average molecular weight is 342 g/mol. The first-order valence-corrected chi connectivity index (χ1v) is 9.91. The van der Waals surface area contributed by atoms with Gasteiger partial charge < -0.3 is 15.5 Å². The molecule has 4 heteroatoms. The predicted octanol–water partition coefficient (Wildman–Crippen LogP) is 4.10. The van der Waals surface area contributed by atoms with Crippen molar-refractivity contribution in [1.29, 1.82) is 0 Å². The average Bonchev–Trinajstić information content (AvgIpc) is 2.58. The lowest BCUT2D eigenvalue weighted by Crippen LogP contribution is -2.25. The molecule has 0 fully saturated rings. The summed E-state index contributed by atoms with van der Waals surface area (Å²) in [6, 6.07) is 0. The van der Waals surface area contributed by atoms with E-state index in [9.17, 15) is 9.90 Å². The smallest absolute Gasteiger partial charge is 0.220 e. The maximum Gasteiger partial charge on any atom is 0.220 e. The van der Waals surface area contributed by atoms with Gasteiger partial charge in [-0.15, -0.1) is 0 Å². The Hall–Kier alpha value is -0.870. The van der Waals surface area contributed by atoms with Gasteiger partial charge in [0.05, 0.1) is 12.7 Å². The Morgan fingerprint density at radius 1 is 1.00 bits per heavy atom. The van der Waals surface area contributed by atoms with Crippen molar-refractivity contribution < 1.29 is 15.0 Å². The molecule has 24 heavy (non-hydrogen) atoms. The van der Waals surface area contributed by atoms with Crippen LogP contribution in [0.4, 0.5) is 0 Å². The highest BCUT2D eigenvalue weighted by atomic mass is 16.3. The number of unbranched alkanes of at least 4 members (excludes halogenated alkanes) is 8. The Bertz CT molecular complexity index is 305. The number of rotatable bonds is 17. The number of carbonyl (C=O) groups excluding carboxylic acids is 1. The van der Waals surface area contributed by atoms with E-state index in [1.54, 1.807) is 0 Å². The van der Waals surface area contributed by atoms with Gasteiger partial charge in [0, 0.05) is 13.0 Å². The van der Waals surface area contributed by atoms with E-state index >= 15 is 0 Å². The third kappa shape index (κ3) is 17.5. The van der Waals surface area contributed by atoms with Gasteiger partial charge in [-0.25, -0.2) is 0 Å². The maximum absolute atomic E-state index is 11.3. The van der Waals surface area contributed by atoms with Gasteiger partial charge in [-0.1, -0.05) is 64.0 Å². The van der Waals surface area contributed by atoms with Crippen LogP contribution in [-0.4, -0.2) is 35.4 Å². The fourth-order valence-corrected chi connectivity index (χ4v) is 2.66. The fraction of sp³-hybridized carbons (Fsp3) is 0.850. The van der Waals surface area contributed by atoms with Crippen LogP contribution < -0.4 is 5.32 Å². The summed E-state index contributed by atoms with van der Waals surface area (Å²) in [4.78, 5) is 11.3. The van der Waals surface area contributed by atoms with Crippen LogP contribution in [0.2, 0.25) is 0 Å². The first-order chi connectivity index (χ1) is 11.7. The summed E-state index contributed by atoms with van der Waals surface area (Å²) in [5.74, 6) is 0.0419. The molecule has 0 heterocycles. The van der Waals surface area contributed by atoms with Crippen molar-refractivity contribution in [2.24, 2.45) is 0 Å². The van der Waals surface area contributed by atoms with Crippen LogP contribution in [0.3, 0.4) is 0 Å². The topological polar surface area (TPSA) is 69.6 Å². The Balaban J connectivity index is 3.30. The molecule has 1 unspecified atom stereocenters. The highest BCUT2D eigenvalue weighted by Gasteiger charge is 2.01. The van der Waals surface area contributed by atoms with Crippen molar-refractivity contribution >= 4 is 5.91 Å². The molecule has 0 saturated carbocycles. The Labute approximate surface area is 148 Å². The van der Waals surface area contributed by atoms with Crippen molar-refractivity contribution in [3.05, 3.63) is 12.2 Å². The van der Waals surface area contributed by atoms with Crippen LogP contribution in [0.25, 0.3) is 0 Å². The first kappa shape index (κ1) is 23.1. The molecule has 0 aliphatic carbocycles. The summed E-state index contributed by atoms with van der Waals surface area (Å²) in [5, 5.41) is 21.1. The van der Waals surface area contributed by atoms with Crippen molar-refractivity contribution in [2.75, 3.05) is 13.2 Å². The third-order valence-corrected chi connectivity index (χ3v) is 4.17. The van der Waals surface area contributed by atoms with Crippen LogP contribution in [0.5, 0.6) is 0 Å². The molecule has 1 atom stereocenters. The van der Waals surface area contributed by atoms with Gasteiger partial charge in [-0.3, -0.25) is 4.79 Å². The van der Waals surface area contributed by atoms with Crippen LogP contribution in [0.15, 0.2) is 12.2 Å². The molecule has 142 valence electrons. The van der Waals surface area contributed by atoms with Crippen LogP contribution in [0.1, 0.15) is 90.4 Å². The molecule has 0 aromatic carbocycles. The number of amides is 1. The molecule has 4 nitrogen and oxygen atoms in total. The number of allylic oxidation sites excluding steroid dienone is 1. The summed E-state index contributed by atoms with van der Waals surface area (Å²) in [5.41, 5.74) is 0. The van der Waals surface area contributed by atoms with Gasteiger partial charge in [0.1, 0.15) is 0 Å². The number of aliphatic hydroxyl groups excluding tert-OH is 2. The van der Waals surface area contributed by atoms with Gasteiger partial charge in [0.2, 0.25) is 5.91 Å². The minimum atomic E-state index is -0.171. The van der Waals surface area contributed by atoms with Crippen LogP contribution in [-0.2, 0) is 4.79 Å². The number of hydrogen-bond donors (Lipinski definition) is 3. The molecule has 0 spiro atoms. The second kappa shape index (κ2) is 18.5. The largest absolute Gasteiger partial charge is 0.395 e. The monoisotopic (exact) mass is 341 g/mol. The van der Waals surface area contributed by atoms with Crippen molar-refractivity contribution in [1.82, 2.24) is 5.32 Å². The second-order valence-electron chi connectivity index (χ2n) is 6.59. The normalized spacial score (nSPS) is 12.6. The van der Waals surface area contributed by atoms with Crippen LogP contribution >= 0.6 is 0 Å². The zero-order valence-electron chi connectivity index (χ0n) is 15.6. The number of carbonyl (C=O) groups is 1. The van der Waals surface area contributed by atoms with E-state index in [0.717, 1.165) is 38.5 Å². The molecule has 0 aliphatic heterocycles. The molecular formula is C20H39NO3. The molecule has 0 aromatic heterocycles. The summed E-state index contributed by atoms with van der Waals surface area (Å²) in [6.07, 6.45) is 18.0. The summed E-state index contributed by atoms with van der Waals surface area (Å²) in [7, 11) is 0. The maximum atomic E-state index is 11.3. The van der Waals surface area contributed by atoms with Crippen molar-refractivity contribution in [2.45, 2.75) is 96.5 Å². The van der Waals surface area contributed by atoms with E-state index in [-0.39, 0.29) is 18.6 Å². The van der Waals surface area contributed by atoms with E-state index in [1.165, 1.54) is 38.5 Å². The van der Waals surface area contributed by atoms with Crippen LogP contribution in [0, 0.1) is 0 Å². The first-order valence-electron chi connectivity index (χ1n) is 9.91. The Kier molecular flexibility index (Phi) is 17.8. The molecule has 0 radical (unpaired) electrons. The minimum absolute atomic E-state index is 0.00907. The Morgan fingerprint density at radius 3 is 2.46 bits per heavy atom. The zero-order chi connectivity index (χ0) is 17.9. The van der Waals surface area contributed by atoms with Gasteiger partial charge >= 0.3 is 0 Å². The zero-order valence-corrected chi connectivity index (χ0v) is 15.6. The van der Waals surface area contributed by atoms with E-state index in [2.05, 4.69) is 24.4 Å². The molecule has 0 rings (SSSR count). The lowest BCUT2D eigenvalue weighted by Gasteiger charge is -2.07. The molecule has 3 N–H and O–H groups in total. The minimum Gasteiger partial charge on any atom is -0.395 e. The van der Waals surface area contributed by atoms with E-state index in [0.29, 0.717) is 13.0 Å². The quantitative estimate of drug-likeness (QED) is 0.275. The van der Waals surface area contributed by atoms with Gasteiger partial charge in [-0.05, 0) is 32.1 Å². The lowest BCUT2D eigenvalue weighted by molar-refractivity contribution is -0.121. The van der Waals surface area contributed by atoms with Crippen molar-refractivity contribution in [3.8, 4) is 0 Å². The predicted molar refractivity (Wildman–Crippen MR) is 101 cm³/mol. The van der Waals surface area contributed by atoms with Gasteiger partial charge in [-0.2, -0.15) is 0 Å². The number of aliphatic hydroxyl groups is 2. The standard InChI is InChI=1S/C20H39NO3/c1-2-3-4-11-14-19(23)15-12-9-7-5-6-8-10-13-16-20(24)21-17-18-22/h9,12,19,22-23H,2-8,10-11,13-18H2,1H3,(H,21,24)/b12-9-. The van der Waals surface area contributed by atoms with E-state index < -0.39 is 0 Å². The summed E-state index contributed by atoms with van der Waals surface area (Å²) < 4.78 is 0. The second-order valence-corrected chi connectivity index (χ2v) is 6.59. The molecule has 0 saturated heterocycles. The highest BCUT2D eigenvalue weighted by molar-refractivity contribution is 5.75. The number of nitrogens with one attached hydrogen (secondary N) is 1. The summed E-state index contributed by atoms with van der Waals surface area (Å²) in [6.45, 7) is 2.57. The molecule has 0 bridgehead atoms. The fourth-order valence-electron chi connectivity index (χ4n) is 2.66. The highest BCUT2D eigenvalue weighted by Crippen LogP contribution is 2.10. The molecule has 1 amide bonds. The van der Waals surface area contributed by atoms with E-state index in [4.69, 9.17) is 5.11 Å². The van der Waals surface area contributed by atoms with Gasteiger partial charge in [0.15, 0.2) is 0 Å². The molecular weight excluding hydrogens is 302 g/mol. The van der Waals surface area contributed by atoms with E-state index in [1.807, 2.05) is 0 Å². The lowest BCUT2D eigenvalue weighted by atomic mass is 10.1. The van der Waals surface area contributed by atoms with Gasteiger partial charge in [0.25, 0.3) is 0 Å². The molecule has 0 aliphatic rings. The molecule has 0 aromatic rings. The number of hydrogen-bond acceptors (Lipinski definition) is 3. The van der Waals surface area contributed by atoms with Crippen molar-refractivity contribution in [3.63, 3.8) is 0 Å². The SMILES string of the molecule is CCCCCCC(O)C/C=C\CCCCCCCC(=O)NCCO. The summed E-state index contributed by atoms with van der Waals surface area (Å²) >= 11 is 0. The Morgan fingerprint density at radius 2 is 1.71 bits per heavy atom. The third-order valence-electron chi connectivity index (χ3n) is 4.17.